The number of likely N-dealkylation sites (tertiary alicyclic amines) is 1. The number of hydrogen-bond donors (Lipinski definition) is 2. The lowest BCUT2D eigenvalue weighted by molar-refractivity contribution is -0.126. The van der Waals surface area contributed by atoms with Crippen molar-refractivity contribution in [2.24, 2.45) is 11.7 Å². The highest BCUT2D eigenvalue weighted by Gasteiger charge is 2.25. The minimum Gasteiger partial charge on any atom is -0.355 e. The Labute approximate surface area is 144 Å². The highest BCUT2D eigenvalue weighted by molar-refractivity contribution is 5.85. The first-order valence-corrected chi connectivity index (χ1v) is 7.38. The third-order valence-corrected chi connectivity index (χ3v) is 3.76. The van der Waals surface area contributed by atoms with Crippen LogP contribution >= 0.6 is 24.8 Å². The standard InChI is InChI=1S/C15H24N4O.2ClH/c16-6-8-18-15(20)14-4-2-9-19(12-14)10-5-13-3-1-7-17-11-13;;/h1,3,7,11,14H,2,4-6,8-10,12,16H2,(H,18,20);2*1H. The smallest absolute Gasteiger partial charge is 0.224 e. The molecule has 2 heterocycles. The van der Waals surface area contributed by atoms with Gasteiger partial charge in [0.2, 0.25) is 5.91 Å². The number of halogens is 2. The fourth-order valence-corrected chi connectivity index (χ4v) is 2.65. The van der Waals surface area contributed by atoms with Gasteiger partial charge in [0.1, 0.15) is 0 Å². The Morgan fingerprint density at radius 2 is 2.27 bits per heavy atom. The molecule has 22 heavy (non-hydrogen) atoms. The van der Waals surface area contributed by atoms with Crippen molar-refractivity contribution in [3.05, 3.63) is 30.1 Å². The van der Waals surface area contributed by atoms with Crippen LogP contribution in [0.1, 0.15) is 18.4 Å². The van der Waals surface area contributed by atoms with Crippen LogP contribution in [-0.2, 0) is 11.2 Å². The van der Waals surface area contributed by atoms with Crippen LogP contribution < -0.4 is 11.1 Å². The molecular formula is C15H26Cl2N4O. The van der Waals surface area contributed by atoms with Gasteiger partial charge in [0.15, 0.2) is 0 Å². The Bertz CT molecular complexity index is 419. The summed E-state index contributed by atoms with van der Waals surface area (Å²) in [5, 5.41) is 2.90. The minimum absolute atomic E-state index is 0. The zero-order valence-electron chi connectivity index (χ0n) is 12.7. The Morgan fingerprint density at radius 1 is 1.45 bits per heavy atom. The van der Waals surface area contributed by atoms with Gasteiger partial charge in [-0.3, -0.25) is 9.78 Å². The highest BCUT2D eigenvalue weighted by Crippen LogP contribution is 2.17. The molecule has 1 aromatic rings. The largest absolute Gasteiger partial charge is 0.355 e. The third-order valence-electron chi connectivity index (χ3n) is 3.76. The first-order chi connectivity index (χ1) is 9.79. The number of rotatable bonds is 6. The first kappa shape index (κ1) is 21.1. The van der Waals surface area contributed by atoms with Crippen molar-refractivity contribution < 1.29 is 4.79 Å². The molecular weight excluding hydrogens is 323 g/mol. The lowest BCUT2D eigenvalue weighted by Crippen LogP contribution is -2.44. The number of pyridine rings is 1. The van der Waals surface area contributed by atoms with Gasteiger partial charge in [-0.05, 0) is 37.4 Å². The normalized spacial score (nSPS) is 18.0. The summed E-state index contributed by atoms with van der Waals surface area (Å²) in [5.74, 6) is 0.269. The average molecular weight is 349 g/mol. The highest BCUT2D eigenvalue weighted by atomic mass is 35.5. The fraction of sp³-hybridized carbons (Fsp3) is 0.600. The number of nitrogens with two attached hydrogens (primary N) is 1. The SMILES string of the molecule is Cl.Cl.NCCNC(=O)C1CCCN(CCc2cccnc2)C1. The maximum absolute atomic E-state index is 12.0. The van der Waals surface area contributed by atoms with Crippen LogP contribution in [0.3, 0.4) is 0 Å². The maximum atomic E-state index is 12.0. The molecule has 1 amide bonds. The summed E-state index contributed by atoms with van der Waals surface area (Å²) in [6.07, 6.45) is 6.77. The van der Waals surface area contributed by atoms with Gasteiger partial charge >= 0.3 is 0 Å². The number of piperidine rings is 1. The fourth-order valence-electron chi connectivity index (χ4n) is 2.65. The van der Waals surface area contributed by atoms with Gasteiger partial charge in [0.05, 0.1) is 5.92 Å². The van der Waals surface area contributed by atoms with Gasteiger partial charge in [0.25, 0.3) is 0 Å². The molecule has 0 aromatic carbocycles. The van der Waals surface area contributed by atoms with Crippen molar-refractivity contribution in [1.29, 1.82) is 0 Å². The molecule has 1 aromatic heterocycles. The van der Waals surface area contributed by atoms with E-state index in [1.54, 1.807) is 6.20 Å². The summed E-state index contributed by atoms with van der Waals surface area (Å²) in [4.78, 5) is 18.5. The zero-order valence-corrected chi connectivity index (χ0v) is 14.4. The Kier molecular flexibility index (Phi) is 11.2. The predicted octanol–water partition coefficient (Wildman–Crippen LogP) is 1.25. The molecule has 7 heteroatoms. The summed E-state index contributed by atoms with van der Waals surface area (Å²) in [7, 11) is 0. The van der Waals surface area contributed by atoms with E-state index >= 15 is 0 Å². The lowest BCUT2D eigenvalue weighted by Gasteiger charge is -2.31. The van der Waals surface area contributed by atoms with E-state index < -0.39 is 0 Å². The molecule has 0 aliphatic carbocycles. The molecule has 1 aliphatic heterocycles. The zero-order chi connectivity index (χ0) is 14.2. The Hall–Kier alpha value is -0.880. The number of nitrogens with one attached hydrogen (secondary N) is 1. The number of nitrogens with zero attached hydrogens (tertiary/aromatic N) is 2. The molecule has 1 aliphatic rings. The predicted molar refractivity (Wildman–Crippen MR) is 93.7 cm³/mol. The first-order valence-electron chi connectivity index (χ1n) is 7.38. The van der Waals surface area contributed by atoms with Gasteiger partial charge in [0, 0.05) is 38.6 Å². The van der Waals surface area contributed by atoms with Crippen LogP contribution in [0.5, 0.6) is 0 Å². The van der Waals surface area contributed by atoms with Crippen LogP contribution in [0.25, 0.3) is 0 Å². The molecule has 1 fully saturated rings. The van der Waals surface area contributed by atoms with Gasteiger partial charge in [-0.1, -0.05) is 6.07 Å². The van der Waals surface area contributed by atoms with Gasteiger partial charge in [-0.2, -0.15) is 0 Å². The Morgan fingerprint density at radius 3 is 2.95 bits per heavy atom. The van der Waals surface area contributed by atoms with E-state index in [0.717, 1.165) is 38.9 Å². The van der Waals surface area contributed by atoms with Gasteiger partial charge in [-0.15, -0.1) is 24.8 Å². The van der Waals surface area contributed by atoms with Crippen molar-refractivity contribution in [2.45, 2.75) is 19.3 Å². The molecule has 1 unspecified atom stereocenters. The molecule has 3 N–H and O–H groups in total. The number of carbonyl (C=O) groups excluding carboxylic acids is 1. The maximum Gasteiger partial charge on any atom is 0.224 e. The molecule has 1 saturated heterocycles. The van der Waals surface area contributed by atoms with Crippen LogP contribution in [0.4, 0.5) is 0 Å². The lowest BCUT2D eigenvalue weighted by atomic mass is 9.97. The number of carbonyl (C=O) groups is 1. The second-order valence-electron chi connectivity index (χ2n) is 5.33. The van der Waals surface area contributed by atoms with Crippen LogP contribution in [-0.4, -0.2) is 48.5 Å². The van der Waals surface area contributed by atoms with Crippen molar-refractivity contribution in [3.8, 4) is 0 Å². The monoisotopic (exact) mass is 348 g/mol. The molecule has 2 rings (SSSR count). The Balaban J connectivity index is 0.00000220. The number of amides is 1. The van der Waals surface area contributed by atoms with Crippen molar-refractivity contribution in [1.82, 2.24) is 15.2 Å². The van der Waals surface area contributed by atoms with Crippen LogP contribution in [0.15, 0.2) is 24.5 Å². The van der Waals surface area contributed by atoms with E-state index in [9.17, 15) is 4.79 Å². The third kappa shape index (κ3) is 6.92. The van der Waals surface area contributed by atoms with Crippen LogP contribution in [0.2, 0.25) is 0 Å². The van der Waals surface area contributed by atoms with E-state index in [4.69, 9.17) is 5.73 Å². The van der Waals surface area contributed by atoms with E-state index in [0.29, 0.717) is 13.1 Å². The number of hydrogen-bond acceptors (Lipinski definition) is 4. The summed E-state index contributed by atoms with van der Waals surface area (Å²) >= 11 is 0. The molecule has 0 saturated carbocycles. The van der Waals surface area contributed by atoms with E-state index in [1.807, 2.05) is 12.3 Å². The van der Waals surface area contributed by atoms with E-state index in [-0.39, 0.29) is 36.6 Å². The summed E-state index contributed by atoms with van der Waals surface area (Å²) in [5.41, 5.74) is 6.67. The summed E-state index contributed by atoms with van der Waals surface area (Å²) in [6.45, 7) is 4.01. The second-order valence-corrected chi connectivity index (χ2v) is 5.33. The van der Waals surface area contributed by atoms with Crippen molar-refractivity contribution in [3.63, 3.8) is 0 Å². The quantitative estimate of drug-likeness (QED) is 0.811. The molecule has 0 bridgehead atoms. The minimum atomic E-state index is 0. The summed E-state index contributed by atoms with van der Waals surface area (Å²) < 4.78 is 0. The molecule has 0 spiro atoms. The van der Waals surface area contributed by atoms with E-state index in [1.165, 1.54) is 5.56 Å². The van der Waals surface area contributed by atoms with Gasteiger partial charge < -0.3 is 16.0 Å². The molecule has 126 valence electrons. The molecule has 1 atom stereocenters. The second kappa shape index (κ2) is 11.7. The number of aromatic nitrogens is 1. The molecule has 0 radical (unpaired) electrons. The van der Waals surface area contributed by atoms with Crippen molar-refractivity contribution in [2.75, 3.05) is 32.7 Å². The van der Waals surface area contributed by atoms with E-state index in [2.05, 4.69) is 21.3 Å². The van der Waals surface area contributed by atoms with Crippen LogP contribution in [0, 0.1) is 5.92 Å². The average Bonchev–Trinajstić information content (AvgIpc) is 2.52. The van der Waals surface area contributed by atoms with Crippen molar-refractivity contribution >= 4 is 30.7 Å². The van der Waals surface area contributed by atoms with Gasteiger partial charge in [-0.25, -0.2) is 0 Å². The molecule has 5 nitrogen and oxygen atoms in total. The summed E-state index contributed by atoms with van der Waals surface area (Å²) in [6, 6.07) is 4.07. The topological polar surface area (TPSA) is 71.2 Å².